The third kappa shape index (κ3) is 4.35. The van der Waals surface area contributed by atoms with E-state index in [-0.39, 0.29) is 29.8 Å². The summed E-state index contributed by atoms with van der Waals surface area (Å²) in [6, 6.07) is 13.9. The second-order valence-electron chi connectivity index (χ2n) is 15.5. The number of carbonyl (C=O) groups excluding carboxylic acids is 1. The van der Waals surface area contributed by atoms with Crippen molar-refractivity contribution < 1.29 is 14.3 Å². The molecule has 0 radical (unpaired) electrons. The molecule has 48 heavy (non-hydrogen) atoms. The first kappa shape index (κ1) is 30.5. The fraction of sp³-hybridized carbons (Fsp3) is 0.537. The number of likely N-dealkylation sites (tertiary alicyclic amines) is 1. The van der Waals surface area contributed by atoms with Gasteiger partial charge in [0.05, 0.1) is 25.7 Å². The molecule has 4 aliphatic heterocycles. The minimum absolute atomic E-state index is 0.00694. The zero-order valence-corrected chi connectivity index (χ0v) is 29.1. The first-order valence-corrected chi connectivity index (χ1v) is 18.4. The molecular formula is C41H50N4O3. The summed E-state index contributed by atoms with van der Waals surface area (Å²) in [5.74, 6) is 2.78. The number of carbonyl (C=O) groups is 1. The molecule has 2 N–H and O–H groups in total. The molecule has 6 bridgehead atoms. The number of likely N-dealkylation sites (N-methyl/N-ethyl adjacent to an activating group) is 1. The van der Waals surface area contributed by atoms with Gasteiger partial charge in [0.15, 0.2) is 0 Å². The van der Waals surface area contributed by atoms with Gasteiger partial charge in [-0.2, -0.15) is 0 Å². The molecule has 4 fully saturated rings. The maximum Gasteiger partial charge on any atom is 0.310 e. The van der Waals surface area contributed by atoms with Crippen molar-refractivity contribution in [2.45, 2.75) is 76.3 Å². The standard InChI is InChI=1S/C41H50N4O3/c1-6-23-16-22-17-31-37-27(14-15-45(20-22)40(23)31)26-12-13-34(47-4)36(39(26)43-37)30-18-28-24(7-2)21-44(3)33(35(28)41(46)48-5)19-29-25-10-8-9-11-32(25)42-38(29)30/h7-13,22-23,28,30-31,33,35,40,42-43H,6,14-21H2,1-5H3/b24-7-. The van der Waals surface area contributed by atoms with Crippen molar-refractivity contribution >= 4 is 27.8 Å². The number of esters is 1. The van der Waals surface area contributed by atoms with Gasteiger partial charge in [0.2, 0.25) is 0 Å². The second-order valence-corrected chi connectivity index (χ2v) is 15.5. The largest absolute Gasteiger partial charge is 0.496 e. The predicted octanol–water partition coefficient (Wildman–Crippen LogP) is 7.16. The van der Waals surface area contributed by atoms with E-state index in [1.165, 1.54) is 75.7 Å². The van der Waals surface area contributed by atoms with E-state index in [9.17, 15) is 4.79 Å². The molecule has 7 heteroatoms. The monoisotopic (exact) mass is 646 g/mol. The number of methoxy groups -OCH3 is 2. The van der Waals surface area contributed by atoms with E-state index in [4.69, 9.17) is 9.47 Å². The number of para-hydroxylation sites is 1. The zero-order chi connectivity index (χ0) is 32.8. The number of rotatable bonds is 4. The Morgan fingerprint density at radius 3 is 2.65 bits per heavy atom. The van der Waals surface area contributed by atoms with Gasteiger partial charge in [0.1, 0.15) is 5.75 Å². The van der Waals surface area contributed by atoms with Crippen LogP contribution in [0, 0.1) is 23.7 Å². The fourth-order valence-corrected chi connectivity index (χ4v) is 11.5. The zero-order valence-electron chi connectivity index (χ0n) is 29.1. The first-order valence-electron chi connectivity index (χ1n) is 18.4. The Labute approximate surface area is 284 Å². The number of hydrogen-bond donors (Lipinski definition) is 2. The van der Waals surface area contributed by atoms with Crippen LogP contribution in [-0.2, 0) is 22.4 Å². The number of hydrogen-bond acceptors (Lipinski definition) is 5. The van der Waals surface area contributed by atoms with Gasteiger partial charge in [0.25, 0.3) is 0 Å². The second kappa shape index (κ2) is 11.5. The maximum absolute atomic E-state index is 13.8. The highest BCUT2D eigenvalue weighted by molar-refractivity contribution is 5.92. The Kier molecular flexibility index (Phi) is 7.32. The Morgan fingerprint density at radius 2 is 1.85 bits per heavy atom. The van der Waals surface area contributed by atoms with Gasteiger partial charge in [0, 0.05) is 76.8 Å². The van der Waals surface area contributed by atoms with Crippen LogP contribution in [0.1, 0.15) is 79.4 Å². The van der Waals surface area contributed by atoms with Gasteiger partial charge in [-0.05, 0) is 93.2 Å². The van der Waals surface area contributed by atoms with Gasteiger partial charge in [-0.1, -0.05) is 43.2 Å². The lowest BCUT2D eigenvalue weighted by Gasteiger charge is -2.53. The Hall–Kier alpha value is -3.55. The number of nitrogens with zero attached hydrogens (tertiary/aromatic N) is 2. The van der Waals surface area contributed by atoms with Crippen molar-refractivity contribution in [3.63, 3.8) is 0 Å². The molecule has 7 nitrogen and oxygen atoms in total. The highest BCUT2D eigenvalue weighted by Gasteiger charge is 2.50. The highest BCUT2D eigenvalue weighted by Crippen LogP contribution is 2.54. The first-order chi connectivity index (χ1) is 23.4. The van der Waals surface area contributed by atoms with Crippen LogP contribution in [0.4, 0.5) is 0 Å². The minimum Gasteiger partial charge on any atom is -0.496 e. The molecule has 2 aromatic carbocycles. The molecule has 4 aromatic rings. The number of H-pyrrole nitrogens is 2. The van der Waals surface area contributed by atoms with E-state index in [2.05, 4.69) is 83.1 Å². The van der Waals surface area contributed by atoms with Gasteiger partial charge in [-0.25, -0.2) is 0 Å². The summed E-state index contributed by atoms with van der Waals surface area (Å²) in [5, 5.41) is 2.61. The molecule has 1 saturated carbocycles. The van der Waals surface area contributed by atoms with Crippen LogP contribution >= 0.6 is 0 Å². The minimum atomic E-state index is -0.246. The molecule has 9 unspecified atom stereocenters. The van der Waals surface area contributed by atoms with Gasteiger partial charge < -0.3 is 19.4 Å². The summed E-state index contributed by atoms with van der Waals surface area (Å²) in [5.41, 5.74) is 10.5. The molecule has 6 heterocycles. The van der Waals surface area contributed by atoms with E-state index < -0.39 is 0 Å². The summed E-state index contributed by atoms with van der Waals surface area (Å²) >= 11 is 0. The SMILES string of the molecule is C/C=C1/CN(C)C2Cc3c([nH]c4ccccc34)C(c3c(OC)ccc4c5c([nH]c34)C3CC4CC(CC)C3N(CC5)C4)CC1C2C(=O)OC. The van der Waals surface area contributed by atoms with Crippen LogP contribution in [-0.4, -0.2) is 78.7 Å². The molecule has 0 spiro atoms. The molecule has 3 saturated heterocycles. The maximum atomic E-state index is 13.8. The smallest absolute Gasteiger partial charge is 0.310 e. The van der Waals surface area contributed by atoms with Gasteiger partial charge in [-0.3, -0.25) is 14.6 Å². The normalized spacial score (nSPS) is 33.6. The van der Waals surface area contributed by atoms with Crippen molar-refractivity contribution in [2.75, 3.05) is 40.9 Å². The van der Waals surface area contributed by atoms with Crippen molar-refractivity contribution in [2.24, 2.45) is 23.7 Å². The molecule has 10 rings (SSSR count). The third-order valence-electron chi connectivity index (χ3n) is 13.5. The number of nitrogens with one attached hydrogen (secondary N) is 2. The van der Waals surface area contributed by atoms with E-state index in [1.807, 2.05) is 7.11 Å². The van der Waals surface area contributed by atoms with Crippen molar-refractivity contribution in [1.82, 2.24) is 19.8 Å². The summed E-state index contributed by atoms with van der Waals surface area (Å²) in [6.07, 6.45) is 8.88. The Balaban J connectivity index is 1.28. The lowest BCUT2D eigenvalue weighted by molar-refractivity contribution is -0.151. The molecule has 0 amide bonds. The third-order valence-corrected chi connectivity index (χ3v) is 13.5. The predicted molar refractivity (Wildman–Crippen MR) is 191 cm³/mol. The van der Waals surface area contributed by atoms with Crippen LogP contribution < -0.4 is 4.74 Å². The summed E-state index contributed by atoms with van der Waals surface area (Å²) in [7, 11) is 5.54. The molecule has 2 aromatic heterocycles. The van der Waals surface area contributed by atoms with Crippen molar-refractivity contribution in [3.8, 4) is 5.75 Å². The summed E-state index contributed by atoms with van der Waals surface area (Å²) in [6.45, 7) is 7.81. The average molecular weight is 647 g/mol. The van der Waals surface area contributed by atoms with E-state index in [1.54, 1.807) is 7.11 Å². The van der Waals surface area contributed by atoms with Crippen molar-refractivity contribution in [3.05, 3.63) is 76.1 Å². The fourth-order valence-electron chi connectivity index (χ4n) is 11.5. The highest BCUT2D eigenvalue weighted by atomic mass is 16.5. The van der Waals surface area contributed by atoms with Gasteiger partial charge in [-0.15, -0.1) is 0 Å². The number of fused-ring (bicyclic) bond motifs is 9. The Morgan fingerprint density at radius 1 is 1.00 bits per heavy atom. The number of benzene rings is 2. The number of ether oxygens (including phenoxy) is 2. The molecule has 9 atom stereocenters. The topological polar surface area (TPSA) is 73.6 Å². The molecule has 252 valence electrons. The molecule has 2 aliphatic carbocycles. The average Bonchev–Trinajstić information content (AvgIpc) is 3.64. The number of aromatic amines is 2. The van der Waals surface area contributed by atoms with Crippen LogP contribution in [0.5, 0.6) is 5.75 Å². The number of allylic oxidation sites excluding steroid dienone is 1. The van der Waals surface area contributed by atoms with Crippen LogP contribution in [0.15, 0.2) is 48.0 Å². The van der Waals surface area contributed by atoms with E-state index in [0.717, 1.165) is 55.5 Å². The molecule has 6 aliphatic rings. The molecular weight excluding hydrogens is 596 g/mol. The van der Waals surface area contributed by atoms with Gasteiger partial charge >= 0.3 is 5.97 Å². The van der Waals surface area contributed by atoms with Crippen molar-refractivity contribution in [1.29, 1.82) is 0 Å². The lowest BCUT2D eigenvalue weighted by Crippen LogP contribution is -2.56. The lowest BCUT2D eigenvalue weighted by atomic mass is 9.65. The van der Waals surface area contributed by atoms with E-state index in [0.29, 0.717) is 12.0 Å². The Bertz CT molecular complexity index is 1940. The quantitative estimate of drug-likeness (QED) is 0.182. The summed E-state index contributed by atoms with van der Waals surface area (Å²) < 4.78 is 11.9. The van der Waals surface area contributed by atoms with Crippen LogP contribution in [0.2, 0.25) is 0 Å². The number of piperidine rings is 3. The number of aromatic nitrogens is 2. The van der Waals surface area contributed by atoms with Crippen LogP contribution in [0.3, 0.4) is 0 Å². The van der Waals surface area contributed by atoms with E-state index >= 15 is 0 Å². The van der Waals surface area contributed by atoms with Crippen LogP contribution in [0.25, 0.3) is 21.8 Å². The summed E-state index contributed by atoms with van der Waals surface area (Å²) in [4.78, 5) is 27.2.